The van der Waals surface area contributed by atoms with Crippen LogP contribution in [0.1, 0.15) is 40.0 Å². The summed E-state index contributed by atoms with van der Waals surface area (Å²) in [5.74, 6) is -1.48. The SMILES string of the molecule is COc1ccc(S(=O)(=O)N2CCCCC2)cc1NC(=O)CN1C(=O)c2ccccc2C1=O. The van der Waals surface area contributed by atoms with Crippen LogP contribution in [-0.2, 0) is 14.8 Å². The molecule has 0 spiro atoms. The number of carbonyl (C=O) groups excluding carboxylic acids is 3. The molecule has 0 atom stereocenters. The molecule has 2 aliphatic heterocycles. The van der Waals surface area contributed by atoms with Crippen molar-refractivity contribution in [2.24, 2.45) is 0 Å². The standard InChI is InChI=1S/C22H23N3O6S/c1-31-19-10-9-15(32(29,30)24-11-5-2-6-12-24)13-18(19)23-20(26)14-25-21(27)16-7-3-4-8-17(16)22(25)28/h3-4,7-10,13H,2,5-6,11-12,14H2,1H3,(H,23,26). The van der Waals surface area contributed by atoms with Gasteiger partial charge in [0.05, 0.1) is 28.8 Å². The molecule has 1 fully saturated rings. The molecule has 2 aliphatic rings. The molecule has 0 unspecified atom stereocenters. The van der Waals surface area contributed by atoms with Crippen LogP contribution < -0.4 is 10.1 Å². The average Bonchev–Trinajstić information content (AvgIpc) is 3.04. The van der Waals surface area contributed by atoms with Crippen molar-refractivity contribution in [1.29, 1.82) is 0 Å². The molecule has 0 aromatic heterocycles. The minimum atomic E-state index is -3.71. The molecule has 9 nitrogen and oxygen atoms in total. The molecule has 168 valence electrons. The van der Waals surface area contributed by atoms with Gasteiger partial charge in [-0.1, -0.05) is 18.6 Å². The van der Waals surface area contributed by atoms with Gasteiger partial charge in [0.1, 0.15) is 12.3 Å². The summed E-state index contributed by atoms with van der Waals surface area (Å²) in [7, 11) is -2.32. The van der Waals surface area contributed by atoms with Crippen molar-refractivity contribution in [2.75, 3.05) is 32.1 Å². The van der Waals surface area contributed by atoms with Crippen molar-refractivity contribution in [1.82, 2.24) is 9.21 Å². The number of imide groups is 1. The molecule has 0 saturated carbocycles. The van der Waals surface area contributed by atoms with E-state index < -0.39 is 34.3 Å². The lowest BCUT2D eigenvalue weighted by molar-refractivity contribution is -0.116. The lowest BCUT2D eigenvalue weighted by Gasteiger charge is -2.26. The van der Waals surface area contributed by atoms with Crippen LogP contribution in [0.5, 0.6) is 5.75 Å². The molecule has 2 aromatic carbocycles. The summed E-state index contributed by atoms with van der Waals surface area (Å²) < 4.78 is 32.7. The Balaban J connectivity index is 1.54. The number of fused-ring (bicyclic) bond motifs is 1. The van der Waals surface area contributed by atoms with Crippen molar-refractivity contribution in [3.8, 4) is 5.75 Å². The molecule has 0 radical (unpaired) electrons. The van der Waals surface area contributed by atoms with Crippen molar-refractivity contribution in [2.45, 2.75) is 24.2 Å². The molecule has 0 aliphatic carbocycles. The van der Waals surface area contributed by atoms with E-state index in [1.807, 2.05) is 0 Å². The van der Waals surface area contributed by atoms with Crippen LogP contribution in [0, 0.1) is 0 Å². The van der Waals surface area contributed by atoms with Gasteiger partial charge in [0, 0.05) is 13.1 Å². The predicted octanol–water partition coefficient (Wildman–Crippen LogP) is 2.10. The Kier molecular flexibility index (Phi) is 5.98. The van der Waals surface area contributed by atoms with Gasteiger partial charge in [-0.2, -0.15) is 4.31 Å². The number of benzene rings is 2. The first-order valence-electron chi connectivity index (χ1n) is 10.3. The fourth-order valence-corrected chi connectivity index (χ4v) is 5.46. The summed E-state index contributed by atoms with van der Waals surface area (Å²) in [5.41, 5.74) is 0.641. The Morgan fingerprint density at radius 2 is 1.62 bits per heavy atom. The topological polar surface area (TPSA) is 113 Å². The molecule has 3 amide bonds. The van der Waals surface area contributed by atoms with Crippen LogP contribution in [0.3, 0.4) is 0 Å². The van der Waals surface area contributed by atoms with Gasteiger partial charge < -0.3 is 10.1 Å². The Morgan fingerprint density at radius 3 is 2.22 bits per heavy atom. The first kappa shape index (κ1) is 22.0. The lowest BCUT2D eigenvalue weighted by atomic mass is 10.1. The second kappa shape index (κ2) is 8.71. The van der Waals surface area contributed by atoms with E-state index in [0.717, 1.165) is 24.2 Å². The molecule has 0 bridgehead atoms. The Hall–Kier alpha value is -3.24. The number of amides is 3. The fourth-order valence-electron chi connectivity index (χ4n) is 3.92. The third kappa shape index (κ3) is 3.98. The average molecular weight is 458 g/mol. The molecule has 32 heavy (non-hydrogen) atoms. The summed E-state index contributed by atoms with van der Waals surface area (Å²) in [6.07, 6.45) is 2.60. The van der Waals surface area contributed by atoms with Gasteiger partial charge in [-0.3, -0.25) is 19.3 Å². The Bertz CT molecular complexity index is 1150. The Morgan fingerprint density at radius 1 is 1.00 bits per heavy atom. The van der Waals surface area contributed by atoms with E-state index in [0.29, 0.717) is 13.1 Å². The van der Waals surface area contributed by atoms with Gasteiger partial charge >= 0.3 is 0 Å². The summed E-state index contributed by atoms with van der Waals surface area (Å²) in [6, 6.07) is 10.6. The van der Waals surface area contributed by atoms with Crippen LogP contribution in [0.2, 0.25) is 0 Å². The number of sulfonamides is 1. The molecular weight excluding hydrogens is 434 g/mol. The quantitative estimate of drug-likeness (QED) is 0.665. The maximum absolute atomic E-state index is 13.0. The number of nitrogens with one attached hydrogen (secondary N) is 1. The highest BCUT2D eigenvalue weighted by atomic mass is 32.2. The van der Waals surface area contributed by atoms with Crippen LogP contribution in [0.4, 0.5) is 5.69 Å². The van der Waals surface area contributed by atoms with E-state index in [2.05, 4.69) is 5.32 Å². The zero-order valence-corrected chi connectivity index (χ0v) is 18.4. The number of anilines is 1. The van der Waals surface area contributed by atoms with Gasteiger partial charge in [0.15, 0.2) is 0 Å². The largest absolute Gasteiger partial charge is 0.495 e. The molecule has 1 saturated heterocycles. The first-order chi connectivity index (χ1) is 15.3. The van der Waals surface area contributed by atoms with Gasteiger partial charge in [0.2, 0.25) is 15.9 Å². The van der Waals surface area contributed by atoms with Gasteiger partial charge in [-0.25, -0.2) is 8.42 Å². The Labute approximate surface area is 186 Å². The fraction of sp³-hybridized carbons (Fsp3) is 0.318. The highest BCUT2D eigenvalue weighted by Gasteiger charge is 2.36. The smallest absolute Gasteiger partial charge is 0.262 e. The summed E-state index contributed by atoms with van der Waals surface area (Å²) in [5, 5.41) is 2.58. The number of hydrogen-bond acceptors (Lipinski definition) is 6. The number of piperidine rings is 1. The predicted molar refractivity (Wildman–Crippen MR) is 116 cm³/mol. The van der Waals surface area contributed by atoms with E-state index in [-0.39, 0.29) is 27.5 Å². The monoisotopic (exact) mass is 457 g/mol. The molecular formula is C22H23N3O6S. The van der Waals surface area contributed by atoms with Crippen molar-refractivity contribution < 1.29 is 27.5 Å². The highest BCUT2D eigenvalue weighted by molar-refractivity contribution is 7.89. The van der Waals surface area contributed by atoms with E-state index >= 15 is 0 Å². The second-order valence-electron chi connectivity index (χ2n) is 7.62. The van der Waals surface area contributed by atoms with Gasteiger partial charge in [0.25, 0.3) is 11.8 Å². The molecule has 2 aromatic rings. The van der Waals surface area contributed by atoms with Crippen LogP contribution in [0.25, 0.3) is 0 Å². The van der Waals surface area contributed by atoms with E-state index in [1.165, 1.54) is 41.7 Å². The number of carbonyl (C=O) groups is 3. The van der Waals surface area contributed by atoms with Crippen molar-refractivity contribution >= 4 is 33.4 Å². The highest BCUT2D eigenvalue weighted by Crippen LogP contribution is 2.30. The summed E-state index contributed by atoms with van der Waals surface area (Å²) in [6.45, 7) is 0.407. The van der Waals surface area contributed by atoms with E-state index in [9.17, 15) is 22.8 Å². The molecule has 2 heterocycles. The third-order valence-corrected chi connectivity index (χ3v) is 7.47. The zero-order chi connectivity index (χ0) is 22.9. The number of ether oxygens (including phenoxy) is 1. The van der Waals surface area contributed by atoms with Crippen LogP contribution >= 0.6 is 0 Å². The second-order valence-corrected chi connectivity index (χ2v) is 9.55. The van der Waals surface area contributed by atoms with Crippen molar-refractivity contribution in [3.63, 3.8) is 0 Å². The third-order valence-electron chi connectivity index (χ3n) is 5.58. The molecule has 4 rings (SSSR count). The number of rotatable bonds is 6. The molecule has 10 heteroatoms. The van der Waals surface area contributed by atoms with Crippen LogP contribution in [0.15, 0.2) is 47.4 Å². The minimum Gasteiger partial charge on any atom is -0.495 e. The number of hydrogen-bond donors (Lipinski definition) is 1. The van der Waals surface area contributed by atoms with Crippen molar-refractivity contribution in [3.05, 3.63) is 53.6 Å². The maximum Gasteiger partial charge on any atom is 0.262 e. The maximum atomic E-state index is 13.0. The van der Waals surface area contributed by atoms with E-state index in [4.69, 9.17) is 4.74 Å². The molecule has 1 N–H and O–H groups in total. The van der Waals surface area contributed by atoms with E-state index in [1.54, 1.807) is 12.1 Å². The van der Waals surface area contributed by atoms with Gasteiger partial charge in [-0.05, 0) is 43.2 Å². The normalized spacial score (nSPS) is 16.7. The number of methoxy groups -OCH3 is 1. The van der Waals surface area contributed by atoms with Gasteiger partial charge in [-0.15, -0.1) is 0 Å². The first-order valence-corrected chi connectivity index (χ1v) is 11.7. The number of nitrogens with zero attached hydrogens (tertiary/aromatic N) is 2. The summed E-state index contributed by atoms with van der Waals surface area (Å²) in [4.78, 5) is 38.6. The minimum absolute atomic E-state index is 0.0382. The van der Waals surface area contributed by atoms with Crippen LogP contribution in [-0.4, -0.2) is 62.1 Å². The zero-order valence-electron chi connectivity index (χ0n) is 17.5. The lowest BCUT2D eigenvalue weighted by Crippen LogP contribution is -2.37. The summed E-state index contributed by atoms with van der Waals surface area (Å²) >= 11 is 0.